The van der Waals surface area contributed by atoms with Crippen LogP contribution in [0.4, 0.5) is 0 Å². The summed E-state index contributed by atoms with van der Waals surface area (Å²) in [4.78, 5) is 0. The maximum Gasteiger partial charge on any atom is 0.0315 e. The first-order valence-corrected chi connectivity index (χ1v) is 6.70. The van der Waals surface area contributed by atoms with Crippen molar-refractivity contribution in [3.05, 3.63) is 0 Å². The van der Waals surface area contributed by atoms with E-state index in [1.807, 2.05) is 0 Å². The van der Waals surface area contributed by atoms with Crippen molar-refractivity contribution in [2.45, 2.75) is 6.04 Å². The molecular formula is C11H28N6. The molecule has 0 aromatic carbocycles. The van der Waals surface area contributed by atoms with Crippen LogP contribution < -0.4 is 32.3 Å². The molecule has 1 fully saturated rings. The number of rotatable bonds is 1. The molecule has 102 valence electrons. The van der Waals surface area contributed by atoms with Gasteiger partial charge in [0.15, 0.2) is 0 Å². The lowest BCUT2D eigenvalue weighted by molar-refractivity contribution is 0.472. The summed E-state index contributed by atoms with van der Waals surface area (Å²) in [6, 6.07) is 0.375. The fraction of sp³-hybridized carbons (Fsp3) is 1.00. The first-order chi connectivity index (χ1) is 8.43. The first kappa shape index (κ1) is 14.8. The Hall–Kier alpha value is -0.240. The third-order valence-corrected chi connectivity index (χ3v) is 2.85. The average molecular weight is 244 g/mol. The van der Waals surface area contributed by atoms with Crippen molar-refractivity contribution in [2.24, 2.45) is 5.73 Å². The summed E-state index contributed by atoms with van der Waals surface area (Å²) in [5.74, 6) is 0. The van der Waals surface area contributed by atoms with E-state index in [4.69, 9.17) is 5.73 Å². The first-order valence-electron chi connectivity index (χ1n) is 6.70. The number of nitrogens with two attached hydrogens (primary N) is 1. The summed E-state index contributed by atoms with van der Waals surface area (Å²) in [7, 11) is 0. The van der Waals surface area contributed by atoms with Crippen LogP contribution in [-0.4, -0.2) is 71.5 Å². The Morgan fingerprint density at radius 2 is 1.18 bits per heavy atom. The van der Waals surface area contributed by atoms with Gasteiger partial charge in [-0.1, -0.05) is 0 Å². The molecule has 6 nitrogen and oxygen atoms in total. The SMILES string of the molecule is NCC1CNCCNCCNCCNCCN1. The van der Waals surface area contributed by atoms with E-state index in [9.17, 15) is 0 Å². The number of hydrogen-bond donors (Lipinski definition) is 6. The Kier molecular flexibility index (Phi) is 9.49. The van der Waals surface area contributed by atoms with E-state index in [2.05, 4.69) is 26.6 Å². The van der Waals surface area contributed by atoms with Gasteiger partial charge in [-0.05, 0) is 0 Å². The van der Waals surface area contributed by atoms with Gasteiger partial charge in [0.25, 0.3) is 0 Å². The molecule has 1 atom stereocenters. The van der Waals surface area contributed by atoms with Gasteiger partial charge >= 0.3 is 0 Å². The summed E-state index contributed by atoms with van der Waals surface area (Å²) >= 11 is 0. The molecule has 0 bridgehead atoms. The minimum absolute atomic E-state index is 0.375. The van der Waals surface area contributed by atoms with E-state index < -0.39 is 0 Å². The van der Waals surface area contributed by atoms with E-state index in [1.165, 1.54) is 0 Å². The van der Waals surface area contributed by atoms with E-state index in [1.54, 1.807) is 0 Å². The standard InChI is InChI=1S/C11H28N6/c12-9-11-10-16-6-5-14-2-1-13-3-4-15-7-8-17-11/h11,13-17H,1-10,12H2. The lowest BCUT2D eigenvalue weighted by atomic mass is 10.3. The topological polar surface area (TPSA) is 86.2 Å². The second-order valence-electron chi connectivity index (χ2n) is 4.34. The molecule has 0 amide bonds. The molecule has 0 saturated carbocycles. The van der Waals surface area contributed by atoms with Gasteiger partial charge in [-0.2, -0.15) is 0 Å². The van der Waals surface area contributed by atoms with Crippen molar-refractivity contribution < 1.29 is 0 Å². The number of nitrogens with one attached hydrogen (secondary N) is 5. The molecule has 0 radical (unpaired) electrons. The monoisotopic (exact) mass is 244 g/mol. The number of hydrogen-bond acceptors (Lipinski definition) is 6. The molecule has 0 spiro atoms. The summed E-state index contributed by atoms with van der Waals surface area (Å²) in [6.07, 6.45) is 0. The highest BCUT2D eigenvalue weighted by Crippen LogP contribution is 1.77. The molecule has 1 aliphatic rings. The Balaban J connectivity index is 2.16. The highest BCUT2D eigenvalue weighted by molar-refractivity contribution is 4.71. The van der Waals surface area contributed by atoms with Crippen LogP contribution in [0.25, 0.3) is 0 Å². The van der Waals surface area contributed by atoms with Crippen LogP contribution in [0.3, 0.4) is 0 Å². The molecule has 1 heterocycles. The predicted molar refractivity (Wildman–Crippen MR) is 72.3 cm³/mol. The van der Waals surface area contributed by atoms with Crippen molar-refractivity contribution in [2.75, 3.05) is 65.4 Å². The van der Waals surface area contributed by atoms with Gasteiger partial charge in [-0.25, -0.2) is 0 Å². The molecule has 0 aromatic heterocycles. The van der Waals surface area contributed by atoms with Gasteiger partial charge in [0.05, 0.1) is 0 Å². The lowest BCUT2D eigenvalue weighted by Crippen LogP contribution is -2.47. The molecule has 1 saturated heterocycles. The van der Waals surface area contributed by atoms with Gasteiger partial charge < -0.3 is 32.3 Å². The highest BCUT2D eigenvalue weighted by atomic mass is 15.0. The molecular weight excluding hydrogens is 216 g/mol. The Labute approximate surface area is 104 Å². The van der Waals surface area contributed by atoms with Crippen LogP contribution in [0.15, 0.2) is 0 Å². The van der Waals surface area contributed by atoms with Crippen molar-refractivity contribution in [3.63, 3.8) is 0 Å². The van der Waals surface area contributed by atoms with E-state index >= 15 is 0 Å². The van der Waals surface area contributed by atoms with E-state index in [-0.39, 0.29) is 0 Å². The molecule has 1 unspecified atom stereocenters. The minimum atomic E-state index is 0.375. The van der Waals surface area contributed by atoms with Crippen LogP contribution in [0, 0.1) is 0 Å². The van der Waals surface area contributed by atoms with Crippen LogP contribution in [-0.2, 0) is 0 Å². The smallest absolute Gasteiger partial charge is 0.0315 e. The zero-order valence-electron chi connectivity index (χ0n) is 10.7. The van der Waals surface area contributed by atoms with Crippen LogP contribution in [0.2, 0.25) is 0 Å². The van der Waals surface area contributed by atoms with E-state index in [0.717, 1.165) is 58.9 Å². The fourth-order valence-electron chi connectivity index (χ4n) is 1.79. The van der Waals surface area contributed by atoms with Crippen LogP contribution in [0.5, 0.6) is 0 Å². The third-order valence-electron chi connectivity index (χ3n) is 2.85. The molecule has 6 heteroatoms. The summed E-state index contributed by atoms with van der Waals surface area (Å²) in [5, 5.41) is 17.0. The van der Waals surface area contributed by atoms with Gasteiger partial charge in [-0.3, -0.25) is 0 Å². The van der Waals surface area contributed by atoms with Crippen molar-refractivity contribution >= 4 is 0 Å². The molecule has 17 heavy (non-hydrogen) atoms. The largest absolute Gasteiger partial charge is 0.329 e. The molecule has 0 aromatic rings. The Morgan fingerprint density at radius 1 is 0.706 bits per heavy atom. The van der Waals surface area contributed by atoms with Crippen molar-refractivity contribution in [3.8, 4) is 0 Å². The molecule has 7 N–H and O–H groups in total. The van der Waals surface area contributed by atoms with Gasteiger partial charge in [0.1, 0.15) is 0 Å². The predicted octanol–water partition coefficient (Wildman–Crippen LogP) is -2.72. The van der Waals surface area contributed by atoms with Crippen LogP contribution in [0.1, 0.15) is 0 Å². The van der Waals surface area contributed by atoms with Gasteiger partial charge in [0.2, 0.25) is 0 Å². The molecule has 1 rings (SSSR count). The lowest BCUT2D eigenvalue weighted by Gasteiger charge is -2.17. The summed E-state index contributed by atoms with van der Waals surface area (Å²) in [6.45, 7) is 9.71. The average Bonchev–Trinajstić information content (AvgIpc) is 2.36. The Bertz CT molecular complexity index is 150. The zero-order chi connectivity index (χ0) is 12.2. The van der Waals surface area contributed by atoms with Gasteiger partial charge in [-0.15, -0.1) is 0 Å². The van der Waals surface area contributed by atoms with E-state index in [0.29, 0.717) is 12.6 Å². The third kappa shape index (κ3) is 8.48. The Morgan fingerprint density at radius 3 is 1.71 bits per heavy atom. The normalized spacial score (nSPS) is 27.0. The fourth-order valence-corrected chi connectivity index (χ4v) is 1.79. The van der Waals surface area contributed by atoms with Crippen molar-refractivity contribution in [1.82, 2.24) is 26.6 Å². The van der Waals surface area contributed by atoms with Gasteiger partial charge in [0, 0.05) is 71.5 Å². The highest BCUT2D eigenvalue weighted by Gasteiger charge is 2.04. The van der Waals surface area contributed by atoms with Crippen molar-refractivity contribution in [1.29, 1.82) is 0 Å². The second-order valence-corrected chi connectivity index (χ2v) is 4.34. The zero-order valence-corrected chi connectivity index (χ0v) is 10.7. The maximum atomic E-state index is 5.72. The molecule has 0 aliphatic carbocycles. The minimum Gasteiger partial charge on any atom is -0.329 e. The molecule has 1 aliphatic heterocycles. The summed E-state index contributed by atoms with van der Waals surface area (Å²) < 4.78 is 0. The summed E-state index contributed by atoms with van der Waals surface area (Å²) in [5.41, 5.74) is 5.72. The maximum absolute atomic E-state index is 5.72. The quantitative estimate of drug-likeness (QED) is 0.300. The second kappa shape index (κ2) is 10.9. The van der Waals surface area contributed by atoms with Crippen LogP contribution >= 0.6 is 0 Å².